The average Bonchev–Trinajstić information content (AvgIpc) is 1.96. The molecule has 0 aliphatic carbocycles. The molecule has 0 aromatic rings. The van der Waals surface area contributed by atoms with Gasteiger partial charge in [0.2, 0.25) is 5.91 Å². The molecule has 1 N–H and O–H groups in total. The Labute approximate surface area is 74.8 Å². The van der Waals surface area contributed by atoms with E-state index >= 15 is 0 Å². The minimum Gasteiger partial charge on any atom is -0.356 e. The molecule has 0 saturated heterocycles. The summed E-state index contributed by atoms with van der Waals surface area (Å²) >= 11 is 0. The van der Waals surface area contributed by atoms with Crippen molar-refractivity contribution in [3.8, 4) is 0 Å². The van der Waals surface area contributed by atoms with Crippen molar-refractivity contribution in [2.75, 3.05) is 7.05 Å². The predicted octanol–water partition coefficient (Wildman–Crippen LogP) is 1.88. The van der Waals surface area contributed by atoms with Crippen molar-refractivity contribution >= 4 is 5.91 Å². The Morgan fingerprint density at radius 1 is 1.38 bits per heavy atom. The zero-order valence-electron chi connectivity index (χ0n) is 7.70. The number of halogens is 3. The summed E-state index contributed by atoms with van der Waals surface area (Å²) in [7, 11) is 1.28. The summed E-state index contributed by atoms with van der Waals surface area (Å²) < 4.78 is 36.7. The molecule has 0 fully saturated rings. The Bertz CT molecular complexity index is 218. The SMILES string of the molecule is CNC(=O)/C=C(\C(C)C)C(F)(F)F. The molecule has 0 radical (unpaired) electrons. The van der Waals surface area contributed by atoms with Crippen LogP contribution in [0.2, 0.25) is 0 Å². The Morgan fingerprint density at radius 2 is 1.85 bits per heavy atom. The molecule has 0 aliphatic heterocycles. The second kappa shape index (κ2) is 4.30. The van der Waals surface area contributed by atoms with E-state index in [-0.39, 0.29) is 0 Å². The average molecular weight is 195 g/mol. The topological polar surface area (TPSA) is 29.1 Å². The Hall–Kier alpha value is -1.00. The summed E-state index contributed by atoms with van der Waals surface area (Å²) in [5.74, 6) is -1.45. The van der Waals surface area contributed by atoms with Crippen LogP contribution in [0.1, 0.15) is 13.8 Å². The highest BCUT2D eigenvalue weighted by atomic mass is 19.4. The van der Waals surface area contributed by atoms with E-state index in [2.05, 4.69) is 5.32 Å². The normalized spacial score (nSPS) is 13.3. The molecule has 0 heterocycles. The maximum atomic E-state index is 12.2. The lowest BCUT2D eigenvalue weighted by molar-refractivity contribution is -0.118. The molecule has 0 aromatic heterocycles. The molecule has 76 valence electrons. The summed E-state index contributed by atoms with van der Waals surface area (Å²) in [6.45, 7) is 2.78. The van der Waals surface area contributed by atoms with Crippen LogP contribution in [-0.4, -0.2) is 19.1 Å². The van der Waals surface area contributed by atoms with E-state index in [0.717, 1.165) is 0 Å². The van der Waals surface area contributed by atoms with Gasteiger partial charge >= 0.3 is 6.18 Å². The second-order valence-corrected chi connectivity index (χ2v) is 2.87. The van der Waals surface area contributed by atoms with Crippen molar-refractivity contribution < 1.29 is 18.0 Å². The van der Waals surface area contributed by atoms with Gasteiger partial charge in [-0.15, -0.1) is 0 Å². The number of rotatable bonds is 2. The summed E-state index contributed by atoms with van der Waals surface area (Å²) in [5, 5.41) is 2.11. The third kappa shape index (κ3) is 3.96. The van der Waals surface area contributed by atoms with Crippen LogP contribution in [0.15, 0.2) is 11.6 Å². The molecular weight excluding hydrogens is 183 g/mol. The Kier molecular flexibility index (Phi) is 3.97. The molecule has 2 nitrogen and oxygen atoms in total. The first kappa shape index (κ1) is 12.0. The van der Waals surface area contributed by atoms with E-state index in [1.807, 2.05) is 0 Å². The summed E-state index contributed by atoms with van der Waals surface area (Å²) in [6.07, 6.45) is -3.84. The first-order valence-electron chi connectivity index (χ1n) is 3.79. The van der Waals surface area contributed by atoms with Gasteiger partial charge in [0.25, 0.3) is 0 Å². The first-order valence-corrected chi connectivity index (χ1v) is 3.79. The third-order valence-electron chi connectivity index (χ3n) is 1.48. The Balaban J connectivity index is 4.82. The van der Waals surface area contributed by atoms with Crippen LogP contribution in [0.3, 0.4) is 0 Å². The zero-order chi connectivity index (χ0) is 10.6. The van der Waals surface area contributed by atoms with Gasteiger partial charge in [0, 0.05) is 18.7 Å². The molecule has 0 unspecified atom stereocenters. The number of hydrogen-bond donors (Lipinski definition) is 1. The summed E-state index contributed by atoms with van der Waals surface area (Å²) in [5.41, 5.74) is -0.813. The van der Waals surface area contributed by atoms with Gasteiger partial charge in [-0.3, -0.25) is 4.79 Å². The molecular formula is C8H12F3NO. The first-order chi connectivity index (χ1) is 5.79. The standard InChI is InChI=1S/C8H12F3NO/c1-5(2)6(8(9,10)11)4-7(13)12-3/h4-5H,1-3H3,(H,12,13)/b6-4+. The number of carbonyl (C=O) groups excluding carboxylic acids is 1. The molecule has 0 aromatic carbocycles. The molecule has 0 atom stereocenters. The van der Waals surface area contributed by atoms with Gasteiger partial charge in [-0.2, -0.15) is 13.2 Å². The molecule has 0 spiro atoms. The van der Waals surface area contributed by atoms with E-state index < -0.39 is 23.6 Å². The van der Waals surface area contributed by atoms with E-state index in [0.29, 0.717) is 6.08 Å². The molecule has 13 heavy (non-hydrogen) atoms. The van der Waals surface area contributed by atoms with Gasteiger partial charge in [-0.1, -0.05) is 13.8 Å². The van der Waals surface area contributed by atoms with Gasteiger partial charge < -0.3 is 5.32 Å². The fourth-order valence-electron chi connectivity index (χ4n) is 0.789. The minimum atomic E-state index is -4.43. The van der Waals surface area contributed by atoms with Crippen molar-refractivity contribution in [1.82, 2.24) is 5.32 Å². The van der Waals surface area contributed by atoms with Crippen molar-refractivity contribution in [3.05, 3.63) is 11.6 Å². The molecule has 0 aliphatic rings. The lowest BCUT2D eigenvalue weighted by atomic mass is 10.0. The lowest BCUT2D eigenvalue weighted by Gasteiger charge is -2.14. The maximum Gasteiger partial charge on any atom is 0.413 e. The highest BCUT2D eigenvalue weighted by Gasteiger charge is 2.35. The smallest absolute Gasteiger partial charge is 0.356 e. The molecule has 0 bridgehead atoms. The van der Waals surface area contributed by atoms with E-state index in [1.54, 1.807) is 0 Å². The number of likely N-dealkylation sites (N-methyl/N-ethyl adjacent to an activating group) is 1. The van der Waals surface area contributed by atoms with Gasteiger partial charge in [0.05, 0.1) is 0 Å². The van der Waals surface area contributed by atoms with Crippen LogP contribution in [0.25, 0.3) is 0 Å². The van der Waals surface area contributed by atoms with Crippen LogP contribution in [0.4, 0.5) is 13.2 Å². The summed E-state index contributed by atoms with van der Waals surface area (Å²) in [6, 6.07) is 0. The molecule has 5 heteroatoms. The highest BCUT2D eigenvalue weighted by Crippen LogP contribution is 2.30. The number of carbonyl (C=O) groups is 1. The van der Waals surface area contributed by atoms with Gasteiger partial charge in [-0.05, 0) is 5.92 Å². The van der Waals surface area contributed by atoms with Gasteiger partial charge in [-0.25, -0.2) is 0 Å². The number of amides is 1. The van der Waals surface area contributed by atoms with Crippen molar-refractivity contribution in [2.24, 2.45) is 5.92 Å². The quantitative estimate of drug-likeness (QED) is 0.669. The largest absolute Gasteiger partial charge is 0.413 e. The summed E-state index contributed by atoms with van der Waals surface area (Å²) in [4.78, 5) is 10.7. The molecule has 0 rings (SSSR count). The van der Waals surface area contributed by atoms with Crippen molar-refractivity contribution in [1.29, 1.82) is 0 Å². The third-order valence-corrected chi connectivity index (χ3v) is 1.48. The van der Waals surface area contributed by atoms with Gasteiger partial charge in [0.15, 0.2) is 0 Å². The zero-order valence-corrected chi connectivity index (χ0v) is 7.70. The van der Waals surface area contributed by atoms with Crippen LogP contribution >= 0.6 is 0 Å². The Morgan fingerprint density at radius 3 is 2.08 bits per heavy atom. The number of allylic oxidation sites excluding steroid dienone is 1. The van der Waals surface area contributed by atoms with E-state index in [4.69, 9.17) is 0 Å². The van der Waals surface area contributed by atoms with Crippen molar-refractivity contribution in [2.45, 2.75) is 20.0 Å². The fraction of sp³-hybridized carbons (Fsp3) is 0.625. The maximum absolute atomic E-state index is 12.2. The van der Waals surface area contributed by atoms with Crippen LogP contribution in [-0.2, 0) is 4.79 Å². The van der Waals surface area contributed by atoms with Crippen LogP contribution in [0, 0.1) is 5.92 Å². The van der Waals surface area contributed by atoms with E-state index in [1.165, 1.54) is 20.9 Å². The van der Waals surface area contributed by atoms with Crippen molar-refractivity contribution in [3.63, 3.8) is 0 Å². The fourth-order valence-corrected chi connectivity index (χ4v) is 0.789. The van der Waals surface area contributed by atoms with Crippen LogP contribution < -0.4 is 5.32 Å². The predicted molar refractivity (Wildman–Crippen MR) is 43.0 cm³/mol. The molecule has 0 saturated carbocycles. The second-order valence-electron chi connectivity index (χ2n) is 2.87. The number of nitrogens with one attached hydrogen (secondary N) is 1. The highest BCUT2D eigenvalue weighted by molar-refractivity contribution is 5.88. The van der Waals surface area contributed by atoms with Crippen LogP contribution in [0.5, 0.6) is 0 Å². The number of hydrogen-bond acceptors (Lipinski definition) is 1. The minimum absolute atomic E-state index is 0.588. The molecule has 1 amide bonds. The van der Waals surface area contributed by atoms with Gasteiger partial charge in [0.1, 0.15) is 0 Å². The number of alkyl halides is 3. The lowest BCUT2D eigenvalue weighted by Crippen LogP contribution is -2.22. The monoisotopic (exact) mass is 195 g/mol. The van der Waals surface area contributed by atoms with E-state index in [9.17, 15) is 18.0 Å².